The summed E-state index contributed by atoms with van der Waals surface area (Å²) in [5, 5.41) is 9.72. The minimum Gasteiger partial charge on any atom is -0.481 e. The first-order valence-corrected chi connectivity index (χ1v) is 12.3. The summed E-state index contributed by atoms with van der Waals surface area (Å²) in [4.78, 5) is 33.7. The van der Waals surface area contributed by atoms with Crippen molar-refractivity contribution < 1.29 is 27.9 Å². The van der Waals surface area contributed by atoms with Crippen LogP contribution in [0.1, 0.15) is 52.0 Å². The summed E-state index contributed by atoms with van der Waals surface area (Å²) < 4.78 is 42.3. The lowest BCUT2D eigenvalue weighted by Gasteiger charge is -2.32. The molecule has 0 atom stereocenters. The predicted octanol–water partition coefficient (Wildman–Crippen LogP) is 5.29. The summed E-state index contributed by atoms with van der Waals surface area (Å²) >= 11 is 12.4. The van der Waals surface area contributed by atoms with Crippen LogP contribution in [0.2, 0.25) is 10.0 Å². The molecule has 0 spiro atoms. The van der Waals surface area contributed by atoms with E-state index in [4.69, 9.17) is 34.0 Å². The number of aromatic nitrogens is 1. The number of aliphatic carboxylic acids is 1. The molecule has 7 nitrogen and oxygen atoms in total. The van der Waals surface area contributed by atoms with Gasteiger partial charge in [-0.15, -0.1) is 0 Å². The highest BCUT2D eigenvalue weighted by molar-refractivity contribution is 6.35. The molecule has 1 aromatic rings. The summed E-state index contributed by atoms with van der Waals surface area (Å²) in [6.45, 7) is 5.73. The highest BCUT2D eigenvalue weighted by atomic mass is 35.5. The molecule has 1 saturated carbocycles. The molecule has 2 rings (SSSR count). The highest BCUT2D eigenvalue weighted by Gasteiger charge is 2.42. The average molecular weight is 551 g/mol. The minimum atomic E-state index is -4.93. The standard InChI is InChI=1S/C24H31Cl2F3N4O3/c1-23(2,3)13-33(9-8-16-18(25)11-31-12-19(16)26)21(34)17(10-30)20(24(27,28)29)32-15-6-4-14(5-7-15)22(35)36/h10-12,14-15H,4-9,13,30H2,1-3H3,(H,35,36). The van der Waals surface area contributed by atoms with Crippen molar-refractivity contribution in [3.05, 3.63) is 39.8 Å². The predicted molar refractivity (Wildman–Crippen MR) is 133 cm³/mol. The van der Waals surface area contributed by atoms with E-state index in [0.717, 1.165) is 0 Å². The summed E-state index contributed by atoms with van der Waals surface area (Å²) in [7, 11) is 0. The fourth-order valence-corrected chi connectivity index (χ4v) is 4.65. The van der Waals surface area contributed by atoms with Gasteiger partial charge < -0.3 is 15.7 Å². The maximum Gasteiger partial charge on any atom is 0.433 e. The molecule has 1 heterocycles. The van der Waals surface area contributed by atoms with Crippen molar-refractivity contribution in [2.75, 3.05) is 13.1 Å². The number of hydrogen-bond acceptors (Lipinski definition) is 5. The monoisotopic (exact) mass is 550 g/mol. The van der Waals surface area contributed by atoms with Gasteiger partial charge in [0.1, 0.15) is 0 Å². The van der Waals surface area contributed by atoms with Gasteiger partial charge in [-0.1, -0.05) is 44.0 Å². The third-order valence-corrected chi connectivity index (χ3v) is 6.47. The van der Waals surface area contributed by atoms with Gasteiger partial charge in [-0.2, -0.15) is 13.2 Å². The summed E-state index contributed by atoms with van der Waals surface area (Å²) in [6.07, 6.45) is -0.524. The molecule has 1 fully saturated rings. The quantitative estimate of drug-likeness (QED) is 0.337. The lowest BCUT2D eigenvalue weighted by molar-refractivity contribution is -0.142. The van der Waals surface area contributed by atoms with Gasteiger partial charge in [0.25, 0.3) is 5.91 Å². The van der Waals surface area contributed by atoms with E-state index in [-0.39, 0.29) is 55.2 Å². The maximum absolute atomic E-state index is 14.1. The van der Waals surface area contributed by atoms with Crippen molar-refractivity contribution in [3.63, 3.8) is 0 Å². The van der Waals surface area contributed by atoms with Crippen LogP contribution in [0.15, 0.2) is 29.2 Å². The molecule has 36 heavy (non-hydrogen) atoms. The van der Waals surface area contributed by atoms with Crippen LogP contribution in [0.5, 0.6) is 0 Å². The van der Waals surface area contributed by atoms with Crippen LogP contribution in [0.3, 0.4) is 0 Å². The number of aliphatic imine (C=N–C) groups is 1. The van der Waals surface area contributed by atoms with E-state index < -0.39 is 46.7 Å². The van der Waals surface area contributed by atoms with E-state index >= 15 is 0 Å². The van der Waals surface area contributed by atoms with Crippen LogP contribution in [0, 0.1) is 11.3 Å². The number of halogens is 5. The smallest absolute Gasteiger partial charge is 0.433 e. The zero-order valence-electron chi connectivity index (χ0n) is 20.4. The number of carbonyl (C=O) groups is 2. The molecule has 0 saturated heterocycles. The number of nitrogens with zero attached hydrogens (tertiary/aromatic N) is 3. The van der Waals surface area contributed by atoms with Gasteiger partial charge >= 0.3 is 12.1 Å². The van der Waals surface area contributed by atoms with Crippen LogP contribution >= 0.6 is 23.2 Å². The molecule has 0 unspecified atom stereocenters. The Balaban J connectivity index is 2.35. The zero-order chi connectivity index (χ0) is 27.3. The Morgan fingerprint density at radius 3 is 2.17 bits per heavy atom. The first kappa shape index (κ1) is 29.9. The van der Waals surface area contributed by atoms with Crippen LogP contribution in [0.25, 0.3) is 0 Å². The van der Waals surface area contributed by atoms with Crippen LogP contribution < -0.4 is 5.73 Å². The number of hydrogen-bond donors (Lipinski definition) is 2. The number of nitrogens with two attached hydrogens (primary N) is 1. The Kier molecular flexibility index (Phi) is 10.2. The Morgan fingerprint density at radius 2 is 1.72 bits per heavy atom. The molecule has 12 heteroatoms. The highest BCUT2D eigenvalue weighted by Crippen LogP contribution is 2.31. The molecular weight excluding hydrogens is 520 g/mol. The third-order valence-electron chi connectivity index (χ3n) is 5.81. The van der Waals surface area contributed by atoms with Gasteiger partial charge in [-0.3, -0.25) is 19.6 Å². The van der Waals surface area contributed by atoms with E-state index in [0.29, 0.717) is 11.8 Å². The number of alkyl halides is 3. The van der Waals surface area contributed by atoms with Crippen molar-refractivity contribution in [2.45, 2.75) is 65.1 Å². The van der Waals surface area contributed by atoms with Crippen LogP contribution in [-0.4, -0.2) is 57.9 Å². The summed E-state index contributed by atoms with van der Waals surface area (Å²) in [6, 6.07) is -0.759. The molecule has 200 valence electrons. The van der Waals surface area contributed by atoms with Crippen LogP contribution in [0.4, 0.5) is 13.2 Å². The summed E-state index contributed by atoms with van der Waals surface area (Å²) in [5.74, 6) is -2.49. The van der Waals surface area contributed by atoms with Crippen molar-refractivity contribution in [2.24, 2.45) is 22.1 Å². The molecule has 1 aromatic heterocycles. The lowest BCUT2D eigenvalue weighted by atomic mass is 9.86. The van der Waals surface area contributed by atoms with E-state index in [2.05, 4.69) is 9.98 Å². The second kappa shape index (κ2) is 12.3. The van der Waals surface area contributed by atoms with Gasteiger partial charge in [0, 0.05) is 31.7 Å². The van der Waals surface area contributed by atoms with Crippen molar-refractivity contribution in [3.8, 4) is 0 Å². The fourth-order valence-electron chi connectivity index (χ4n) is 4.10. The SMILES string of the molecule is CC(C)(C)CN(CCc1c(Cl)cncc1Cl)C(=O)C(=CN)C(=NC1CCC(C(=O)O)CC1)C(F)(F)F. The molecule has 0 bridgehead atoms. The number of amides is 1. The van der Waals surface area contributed by atoms with E-state index in [1.54, 1.807) is 0 Å². The van der Waals surface area contributed by atoms with Crippen molar-refractivity contribution in [1.29, 1.82) is 0 Å². The lowest BCUT2D eigenvalue weighted by Crippen LogP contribution is -2.43. The fraction of sp³-hybridized carbons (Fsp3) is 0.583. The number of pyridine rings is 1. The van der Waals surface area contributed by atoms with Gasteiger partial charge in [0.05, 0.1) is 27.6 Å². The Bertz CT molecular complexity index is 995. The molecule has 1 aliphatic carbocycles. The molecular formula is C24H31Cl2F3N4O3. The van der Waals surface area contributed by atoms with Crippen molar-refractivity contribution in [1.82, 2.24) is 9.88 Å². The molecule has 0 radical (unpaired) electrons. The topological polar surface area (TPSA) is 109 Å². The Labute approximate surface area is 218 Å². The minimum absolute atomic E-state index is 0.0335. The van der Waals surface area contributed by atoms with Crippen molar-refractivity contribution >= 4 is 40.8 Å². The second-order valence-corrected chi connectivity index (χ2v) is 10.8. The van der Waals surface area contributed by atoms with E-state index in [1.165, 1.54) is 17.3 Å². The molecule has 1 aliphatic rings. The van der Waals surface area contributed by atoms with E-state index in [9.17, 15) is 22.8 Å². The maximum atomic E-state index is 14.1. The second-order valence-electron chi connectivity index (χ2n) is 10.0. The first-order valence-electron chi connectivity index (χ1n) is 11.5. The Morgan fingerprint density at radius 1 is 1.17 bits per heavy atom. The molecule has 0 aromatic carbocycles. The summed E-state index contributed by atoms with van der Waals surface area (Å²) in [5.41, 5.74) is 3.56. The average Bonchev–Trinajstić information content (AvgIpc) is 2.76. The number of carbonyl (C=O) groups excluding carboxylic acids is 1. The Hall–Kier alpha value is -2.33. The number of carboxylic acid groups (broad SMARTS) is 1. The largest absolute Gasteiger partial charge is 0.481 e. The first-order chi connectivity index (χ1) is 16.6. The van der Waals surface area contributed by atoms with E-state index in [1.807, 2.05) is 20.8 Å². The normalized spacial score (nSPS) is 19.8. The third kappa shape index (κ3) is 8.37. The number of rotatable bonds is 8. The van der Waals surface area contributed by atoms with Crippen LogP contribution in [-0.2, 0) is 16.0 Å². The van der Waals surface area contributed by atoms with Gasteiger partial charge in [0.15, 0.2) is 5.71 Å². The number of carboxylic acids is 1. The molecule has 1 amide bonds. The molecule has 0 aliphatic heterocycles. The van der Waals surface area contributed by atoms with Gasteiger partial charge in [-0.25, -0.2) is 0 Å². The molecule has 3 N–H and O–H groups in total. The zero-order valence-corrected chi connectivity index (χ0v) is 21.9. The van der Waals surface area contributed by atoms with Gasteiger partial charge in [0.2, 0.25) is 0 Å². The van der Waals surface area contributed by atoms with Gasteiger partial charge in [-0.05, 0) is 43.1 Å².